The summed E-state index contributed by atoms with van der Waals surface area (Å²) in [7, 11) is 0. The maximum Gasteiger partial charge on any atom is 0.289 e. The van der Waals surface area contributed by atoms with Gasteiger partial charge in [0, 0.05) is 34.4 Å². The highest BCUT2D eigenvalue weighted by Crippen LogP contribution is 2.28. The lowest BCUT2D eigenvalue weighted by Crippen LogP contribution is -2.56. The van der Waals surface area contributed by atoms with Gasteiger partial charge in [0.15, 0.2) is 0 Å². The van der Waals surface area contributed by atoms with E-state index in [1.54, 1.807) is 18.2 Å². The number of Topliss-reactive ketones (excluding diaryl/α,β-unsaturated/α-hetero) is 1. The van der Waals surface area contributed by atoms with E-state index in [9.17, 15) is 24.0 Å². The molecule has 42 heavy (non-hydrogen) atoms. The molecule has 2 aliphatic rings. The zero-order valence-corrected chi connectivity index (χ0v) is 25.5. The van der Waals surface area contributed by atoms with E-state index < -0.39 is 41.5 Å². The van der Waals surface area contributed by atoms with Gasteiger partial charge in [0.2, 0.25) is 17.6 Å². The number of fused-ring (bicyclic) bond motifs is 1. The fourth-order valence-electron chi connectivity index (χ4n) is 5.73. The van der Waals surface area contributed by atoms with Gasteiger partial charge >= 0.3 is 0 Å². The van der Waals surface area contributed by atoms with Crippen molar-refractivity contribution in [3.63, 3.8) is 0 Å². The topological polar surface area (TPSA) is 149 Å². The third-order valence-corrected chi connectivity index (χ3v) is 8.47. The van der Waals surface area contributed by atoms with Gasteiger partial charge in [-0.05, 0) is 62.6 Å². The zero-order valence-electron chi connectivity index (χ0n) is 24.0. The molecule has 1 saturated heterocycles. The van der Waals surface area contributed by atoms with Crippen LogP contribution in [0.1, 0.15) is 82.1 Å². The molecule has 5 N–H and O–H groups in total. The first-order valence-corrected chi connectivity index (χ1v) is 15.5. The predicted octanol–water partition coefficient (Wildman–Crippen LogP) is 4.04. The minimum absolute atomic E-state index is 0.00187. The van der Waals surface area contributed by atoms with Crippen molar-refractivity contribution in [3.8, 4) is 0 Å². The lowest BCUT2D eigenvalue weighted by atomic mass is 9.89. The van der Waals surface area contributed by atoms with Crippen LogP contribution in [0.25, 0.3) is 10.9 Å². The number of H-pyrrole nitrogens is 1. The van der Waals surface area contributed by atoms with Crippen LogP contribution in [0.15, 0.2) is 18.2 Å². The van der Waals surface area contributed by atoms with Crippen molar-refractivity contribution in [3.05, 3.63) is 33.9 Å². The van der Waals surface area contributed by atoms with Crippen LogP contribution in [0.5, 0.6) is 0 Å². The van der Waals surface area contributed by atoms with Gasteiger partial charge in [-0.1, -0.05) is 56.3 Å². The van der Waals surface area contributed by atoms with Crippen LogP contribution in [-0.2, 0) is 19.2 Å². The maximum absolute atomic E-state index is 13.6. The molecule has 1 aromatic heterocycles. The summed E-state index contributed by atoms with van der Waals surface area (Å²) in [5.74, 6) is -3.39. The molecule has 0 unspecified atom stereocenters. The highest BCUT2D eigenvalue weighted by Gasteiger charge is 2.35. The van der Waals surface area contributed by atoms with Crippen molar-refractivity contribution in [1.82, 2.24) is 26.3 Å². The van der Waals surface area contributed by atoms with Crippen LogP contribution in [0.3, 0.4) is 0 Å². The predicted molar refractivity (Wildman–Crippen MR) is 161 cm³/mol. The molecule has 4 amide bonds. The number of amides is 4. The lowest BCUT2D eigenvalue weighted by Gasteiger charge is -2.28. The van der Waals surface area contributed by atoms with E-state index in [1.807, 2.05) is 13.8 Å². The Morgan fingerprint density at radius 1 is 0.952 bits per heavy atom. The molecule has 1 aliphatic heterocycles. The Labute approximate surface area is 255 Å². The largest absolute Gasteiger partial charge is 0.356 e. The van der Waals surface area contributed by atoms with Crippen molar-refractivity contribution in [1.29, 1.82) is 0 Å². The molecular weight excluding hydrogens is 581 g/mol. The van der Waals surface area contributed by atoms with E-state index in [2.05, 4.69) is 26.3 Å². The van der Waals surface area contributed by atoms with Crippen molar-refractivity contribution in [2.45, 2.75) is 89.8 Å². The van der Waals surface area contributed by atoms with Crippen LogP contribution in [0.2, 0.25) is 10.0 Å². The molecule has 0 radical (unpaired) electrons. The Balaban J connectivity index is 1.51. The van der Waals surface area contributed by atoms with Gasteiger partial charge in [0.05, 0.1) is 11.1 Å². The van der Waals surface area contributed by atoms with Gasteiger partial charge in [-0.3, -0.25) is 24.0 Å². The van der Waals surface area contributed by atoms with Crippen molar-refractivity contribution in [2.75, 3.05) is 6.54 Å². The van der Waals surface area contributed by atoms with E-state index in [-0.39, 0.29) is 36.4 Å². The van der Waals surface area contributed by atoms with Gasteiger partial charge in [0.1, 0.15) is 11.7 Å². The summed E-state index contributed by atoms with van der Waals surface area (Å²) in [6.45, 7) is 4.36. The average molecular weight is 621 g/mol. The number of aromatic nitrogens is 1. The number of rotatable bonds is 11. The maximum atomic E-state index is 13.6. The fourth-order valence-corrected chi connectivity index (χ4v) is 6.28. The number of ketones is 1. The molecule has 3 atom stereocenters. The molecule has 0 spiro atoms. The van der Waals surface area contributed by atoms with Crippen LogP contribution < -0.4 is 21.3 Å². The summed E-state index contributed by atoms with van der Waals surface area (Å²) < 4.78 is 0. The molecule has 4 rings (SSSR count). The Hall–Kier alpha value is -3.11. The second-order valence-corrected chi connectivity index (χ2v) is 12.6. The molecule has 10 nitrogen and oxygen atoms in total. The standard InChI is InChI=1S/C30H39Cl2N5O5/c1-16(2)11-24(37-29(41)25-15-20-21(32)13-18(31)14-22(20)35-25)28(40)36-23(12-17-7-6-10-33-27(17)39)26(38)30(42)34-19-8-4-3-5-9-19/h13-17,19,23-24,35H,3-12H2,1-2H3,(H,33,39)(H,34,42)(H,36,40)(H,37,41)/t17-,23-,24-/m0/s1. The average Bonchev–Trinajstić information content (AvgIpc) is 3.38. The first-order chi connectivity index (χ1) is 20.0. The molecule has 2 aromatic rings. The molecule has 1 saturated carbocycles. The minimum atomic E-state index is -1.21. The number of carbonyl (C=O) groups is 5. The fraction of sp³-hybridized carbons (Fsp3) is 0.567. The Kier molecular flexibility index (Phi) is 10.9. The molecule has 2 heterocycles. The van der Waals surface area contributed by atoms with Crippen LogP contribution in [0.4, 0.5) is 0 Å². The number of benzene rings is 1. The van der Waals surface area contributed by atoms with Crippen LogP contribution in [0, 0.1) is 11.8 Å². The number of nitrogens with one attached hydrogen (secondary N) is 5. The van der Waals surface area contributed by atoms with Gasteiger partial charge in [-0.15, -0.1) is 0 Å². The molecule has 1 aliphatic carbocycles. The number of piperidine rings is 1. The van der Waals surface area contributed by atoms with Gasteiger partial charge in [-0.25, -0.2) is 0 Å². The monoisotopic (exact) mass is 619 g/mol. The number of halogens is 2. The van der Waals surface area contributed by atoms with Gasteiger partial charge in [0.25, 0.3) is 11.8 Å². The third kappa shape index (κ3) is 8.25. The van der Waals surface area contributed by atoms with Crippen LogP contribution in [-0.4, -0.2) is 59.1 Å². The van der Waals surface area contributed by atoms with E-state index >= 15 is 0 Å². The Morgan fingerprint density at radius 3 is 2.38 bits per heavy atom. The molecule has 2 fully saturated rings. The molecular formula is C30H39Cl2N5O5. The number of hydrogen-bond acceptors (Lipinski definition) is 5. The number of carbonyl (C=O) groups excluding carboxylic acids is 5. The van der Waals surface area contributed by atoms with Gasteiger partial charge < -0.3 is 26.3 Å². The highest BCUT2D eigenvalue weighted by atomic mass is 35.5. The van der Waals surface area contributed by atoms with E-state index in [0.29, 0.717) is 33.9 Å². The smallest absolute Gasteiger partial charge is 0.289 e. The minimum Gasteiger partial charge on any atom is -0.356 e. The van der Waals surface area contributed by atoms with E-state index in [4.69, 9.17) is 23.2 Å². The Bertz CT molecular complexity index is 1340. The van der Waals surface area contributed by atoms with Crippen molar-refractivity contribution >= 4 is 63.5 Å². The summed E-state index contributed by atoms with van der Waals surface area (Å²) in [4.78, 5) is 68.7. The molecule has 0 bridgehead atoms. The first-order valence-electron chi connectivity index (χ1n) is 14.7. The first kappa shape index (κ1) is 31.8. The Morgan fingerprint density at radius 2 is 1.69 bits per heavy atom. The summed E-state index contributed by atoms with van der Waals surface area (Å²) in [6, 6.07) is 2.50. The summed E-state index contributed by atoms with van der Waals surface area (Å²) >= 11 is 12.4. The molecule has 12 heteroatoms. The summed E-state index contributed by atoms with van der Waals surface area (Å²) in [5.41, 5.74) is 0.761. The second-order valence-electron chi connectivity index (χ2n) is 11.8. The highest BCUT2D eigenvalue weighted by molar-refractivity contribution is 6.39. The number of hydrogen-bond donors (Lipinski definition) is 5. The zero-order chi connectivity index (χ0) is 30.4. The summed E-state index contributed by atoms with van der Waals surface area (Å²) in [6.07, 6.45) is 6.23. The van der Waals surface area contributed by atoms with Crippen molar-refractivity contribution in [2.24, 2.45) is 11.8 Å². The normalized spacial score (nSPS) is 19.2. The summed E-state index contributed by atoms with van der Waals surface area (Å²) in [5, 5.41) is 12.5. The van der Waals surface area contributed by atoms with Gasteiger partial charge in [-0.2, -0.15) is 0 Å². The van der Waals surface area contributed by atoms with E-state index in [1.165, 1.54) is 0 Å². The lowest BCUT2D eigenvalue weighted by molar-refractivity contribution is -0.141. The molecule has 228 valence electrons. The van der Waals surface area contributed by atoms with Crippen molar-refractivity contribution < 1.29 is 24.0 Å². The van der Waals surface area contributed by atoms with E-state index in [0.717, 1.165) is 38.5 Å². The number of aromatic amines is 1. The molecule has 1 aromatic carbocycles. The third-order valence-electron chi connectivity index (χ3n) is 7.94. The second kappa shape index (κ2) is 14.4. The SMILES string of the molecule is CC(C)C[C@H](NC(=O)c1cc2c(Cl)cc(Cl)cc2[nH]1)C(=O)N[C@@H](C[C@@H]1CCCNC1=O)C(=O)C(=O)NC1CCCCC1. The van der Waals surface area contributed by atoms with Crippen LogP contribution >= 0.6 is 23.2 Å². The quantitative estimate of drug-likeness (QED) is 0.241.